The second-order valence-corrected chi connectivity index (χ2v) is 3.34. The molecule has 1 aromatic carbocycles. The lowest BCUT2D eigenvalue weighted by Crippen LogP contribution is -2.16. The zero-order valence-electron chi connectivity index (χ0n) is 8.42. The molecule has 4 nitrogen and oxygen atoms in total. The maximum absolute atomic E-state index is 11.2. The average Bonchev–Trinajstić information content (AvgIpc) is 2.21. The number of rotatable bonds is 4. The first-order chi connectivity index (χ1) is 7.17. The molecule has 0 bridgehead atoms. The molecule has 0 unspecified atom stereocenters. The van der Waals surface area contributed by atoms with Gasteiger partial charge in [0.15, 0.2) is 0 Å². The number of hydrogen-bond acceptors (Lipinski definition) is 3. The largest absolute Gasteiger partial charge is 0.497 e. The summed E-state index contributed by atoms with van der Waals surface area (Å²) in [5, 5.41) is 3.10. The molecule has 3 N–H and O–H groups in total. The lowest BCUT2D eigenvalue weighted by Gasteiger charge is -2.07. The zero-order valence-corrected chi connectivity index (χ0v) is 9.17. The minimum Gasteiger partial charge on any atom is -0.497 e. The maximum Gasteiger partial charge on any atom is 0.225 e. The molecule has 0 aliphatic carbocycles. The smallest absolute Gasteiger partial charge is 0.225 e. The van der Waals surface area contributed by atoms with Crippen LogP contribution in [-0.4, -0.2) is 19.6 Å². The first-order valence-electron chi connectivity index (χ1n) is 4.51. The summed E-state index contributed by atoms with van der Waals surface area (Å²) in [5.74, 6) is 0.501. The molecule has 0 radical (unpaired) electrons. The summed E-state index contributed by atoms with van der Waals surface area (Å²) in [6, 6.07) is 5.05. The van der Waals surface area contributed by atoms with Crippen LogP contribution in [0.15, 0.2) is 18.2 Å². The Morgan fingerprint density at radius 2 is 2.33 bits per heavy atom. The summed E-state index contributed by atoms with van der Waals surface area (Å²) in [4.78, 5) is 11.2. The fourth-order valence-electron chi connectivity index (χ4n) is 1.07. The highest BCUT2D eigenvalue weighted by Gasteiger charge is 2.05. The average molecular weight is 229 g/mol. The Hall–Kier alpha value is -1.26. The molecule has 1 aromatic rings. The highest BCUT2D eigenvalue weighted by Crippen LogP contribution is 2.26. The SMILES string of the molecule is COc1ccc(NC(=O)CCN)c(Cl)c1. The Morgan fingerprint density at radius 3 is 2.87 bits per heavy atom. The summed E-state index contributed by atoms with van der Waals surface area (Å²) in [7, 11) is 1.55. The third-order valence-corrected chi connectivity index (χ3v) is 2.13. The first-order valence-corrected chi connectivity index (χ1v) is 4.88. The lowest BCUT2D eigenvalue weighted by atomic mass is 10.3. The van der Waals surface area contributed by atoms with Crippen LogP contribution in [-0.2, 0) is 4.79 Å². The number of ether oxygens (including phenoxy) is 1. The van der Waals surface area contributed by atoms with E-state index in [-0.39, 0.29) is 12.3 Å². The molecule has 1 rings (SSSR count). The van der Waals surface area contributed by atoms with Gasteiger partial charge in [-0.3, -0.25) is 4.79 Å². The Labute approximate surface area is 93.4 Å². The van der Waals surface area contributed by atoms with E-state index in [1.807, 2.05) is 0 Å². The molecule has 0 aromatic heterocycles. The summed E-state index contributed by atoms with van der Waals surface area (Å²) >= 11 is 5.93. The van der Waals surface area contributed by atoms with Crippen molar-refractivity contribution in [3.8, 4) is 5.75 Å². The number of nitrogens with one attached hydrogen (secondary N) is 1. The fourth-order valence-corrected chi connectivity index (χ4v) is 1.29. The molecule has 0 aliphatic heterocycles. The Balaban J connectivity index is 2.73. The molecule has 1 amide bonds. The van der Waals surface area contributed by atoms with Gasteiger partial charge in [-0.25, -0.2) is 0 Å². The van der Waals surface area contributed by atoms with E-state index >= 15 is 0 Å². The van der Waals surface area contributed by atoms with Gasteiger partial charge in [-0.05, 0) is 12.1 Å². The van der Waals surface area contributed by atoms with Crippen LogP contribution in [0.4, 0.5) is 5.69 Å². The van der Waals surface area contributed by atoms with Crippen molar-refractivity contribution >= 4 is 23.2 Å². The van der Waals surface area contributed by atoms with Crippen molar-refractivity contribution in [2.75, 3.05) is 19.0 Å². The molecule has 0 saturated carbocycles. The van der Waals surface area contributed by atoms with Crippen molar-refractivity contribution in [1.29, 1.82) is 0 Å². The number of hydrogen-bond donors (Lipinski definition) is 2. The Bertz CT molecular complexity index is 355. The maximum atomic E-state index is 11.2. The van der Waals surface area contributed by atoms with E-state index in [9.17, 15) is 4.79 Å². The van der Waals surface area contributed by atoms with Crippen LogP contribution < -0.4 is 15.8 Å². The number of nitrogens with two attached hydrogens (primary N) is 1. The van der Waals surface area contributed by atoms with E-state index in [1.165, 1.54) is 0 Å². The third kappa shape index (κ3) is 3.42. The fraction of sp³-hybridized carbons (Fsp3) is 0.300. The van der Waals surface area contributed by atoms with Gasteiger partial charge in [0, 0.05) is 19.0 Å². The number of carbonyl (C=O) groups is 1. The van der Waals surface area contributed by atoms with Crippen molar-refractivity contribution in [3.63, 3.8) is 0 Å². The van der Waals surface area contributed by atoms with E-state index < -0.39 is 0 Å². The van der Waals surface area contributed by atoms with E-state index in [0.717, 1.165) is 0 Å². The summed E-state index contributed by atoms with van der Waals surface area (Å²) in [6.07, 6.45) is 0.280. The highest BCUT2D eigenvalue weighted by atomic mass is 35.5. The number of carbonyl (C=O) groups excluding carboxylic acids is 1. The van der Waals surface area contributed by atoms with Crippen molar-refractivity contribution < 1.29 is 9.53 Å². The van der Waals surface area contributed by atoms with Crippen LogP contribution in [0.1, 0.15) is 6.42 Å². The summed E-state index contributed by atoms with van der Waals surface area (Å²) in [6.45, 7) is 0.319. The second kappa shape index (κ2) is 5.58. The minimum atomic E-state index is -0.149. The van der Waals surface area contributed by atoms with Gasteiger partial charge in [0.1, 0.15) is 5.75 Å². The normalized spacial score (nSPS) is 9.80. The van der Waals surface area contributed by atoms with Crippen molar-refractivity contribution in [2.45, 2.75) is 6.42 Å². The van der Waals surface area contributed by atoms with Gasteiger partial charge in [0.05, 0.1) is 17.8 Å². The van der Waals surface area contributed by atoms with Crippen molar-refractivity contribution in [1.82, 2.24) is 0 Å². The summed E-state index contributed by atoms with van der Waals surface area (Å²) in [5.41, 5.74) is 5.82. The molecular weight excluding hydrogens is 216 g/mol. The van der Waals surface area contributed by atoms with Gasteiger partial charge in [-0.15, -0.1) is 0 Å². The lowest BCUT2D eigenvalue weighted by molar-refractivity contribution is -0.116. The number of methoxy groups -OCH3 is 1. The number of anilines is 1. The van der Waals surface area contributed by atoms with Crippen LogP contribution in [0.25, 0.3) is 0 Å². The topological polar surface area (TPSA) is 64.3 Å². The van der Waals surface area contributed by atoms with Gasteiger partial charge >= 0.3 is 0 Å². The number of halogens is 1. The molecule has 15 heavy (non-hydrogen) atoms. The van der Waals surface area contributed by atoms with Gasteiger partial charge < -0.3 is 15.8 Å². The molecule has 0 atom stereocenters. The zero-order chi connectivity index (χ0) is 11.3. The standard InChI is InChI=1S/C10H13ClN2O2/c1-15-7-2-3-9(8(11)6-7)13-10(14)4-5-12/h2-3,6H,4-5,12H2,1H3,(H,13,14). The van der Waals surface area contributed by atoms with E-state index in [1.54, 1.807) is 25.3 Å². The van der Waals surface area contributed by atoms with E-state index in [2.05, 4.69) is 5.32 Å². The molecule has 82 valence electrons. The van der Waals surface area contributed by atoms with Gasteiger partial charge in [-0.1, -0.05) is 11.6 Å². The monoisotopic (exact) mass is 228 g/mol. The van der Waals surface area contributed by atoms with Crippen LogP contribution in [0.5, 0.6) is 5.75 Å². The van der Waals surface area contributed by atoms with E-state index in [4.69, 9.17) is 22.1 Å². The number of amides is 1. The third-order valence-electron chi connectivity index (χ3n) is 1.82. The van der Waals surface area contributed by atoms with E-state index in [0.29, 0.717) is 23.0 Å². The number of benzene rings is 1. The quantitative estimate of drug-likeness (QED) is 0.824. The predicted molar refractivity (Wildman–Crippen MR) is 60.3 cm³/mol. The van der Waals surface area contributed by atoms with Crippen LogP contribution >= 0.6 is 11.6 Å². The summed E-state index contributed by atoms with van der Waals surface area (Å²) < 4.78 is 4.99. The molecule has 0 heterocycles. The molecule has 0 fully saturated rings. The van der Waals surface area contributed by atoms with Crippen molar-refractivity contribution in [2.24, 2.45) is 5.73 Å². The van der Waals surface area contributed by atoms with Crippen molar-refractivity contribution in [3.05, 3.63) is 23.2 Å². The second-order valence-electron chi connectivity index (χ2n) is 2.93. The molecule has 5 heteroatoms. The first kappa shape index (κ1) is 11.8. The molecular formula is C10H13ClN2O2. The van der Waals surface area contributed by atoms with Crippen LogP contribution in [0.2, 0.25) is 5.02 Å². The highest BCUT2D eigenvalue weighted by molar-refractivity contribution is 6.33. The van der Waals surface area contributed by atoms with Crippen LogP contribution in [0.3, 0.4) is 0 Å². The Kier molecular flexibility index (Phi) is 4.39. The Morgan fingerprint density at radius 1 is 1.60 bits per heavy atom. The van der Waals surface area contributed by atoms with Gasteiger partial charge in [-0.2, -0.15) is 0 Å². The molecule has 0 aliphatic rings. The minimum absolute atomic E-state index is 0.149. The molecule has 0 spiro atoms. The van der Waals surface area contributed by atoms with Gasteiger partial charge in [0.25, 0.3) is 0 Å². The van der Waals surface area contributed by atoms with Crippen LogP contribution in [0, 0.1) is 0 Å². The predicted octanol–water partition coefficient (Wildman–Crippen LogP) is 1.64. The molecule has 0 saturated heterocycles. The van der Waals surface area contributed by atoms with Gasteiger partial charge in [0.2, 0.25) is 5.91 Å².